The lowest BCUT2D eigenvalue weighted by atomic mass is 10.1. The van der Waals surface area contributed by atoms with Crippen molar-refractivity contribution in [2.45, 2.75) is 32.7 Å². The summed E-state index contributed by atoms with van der Waals surface area (Å²) in [5.41, 5.74) is 3.12. The summed E-state index contributed by atoms with van der Waals surface area (Å²) < 4.78 is 2.08. The van der Waals surface area contributed by atoms with Crippen LogP contribution in [0, 0.1) is 0 Å². The lowest BCUT2D eigenvalue weighted by Crippen LogP contribution is -2.15. The van der Waals surface area contributed by atoms with Crippen LogP contribution in [0.5, 0.6) is 0 Å². The fourth-order valence-corrected chi connectivity index (χ4v) is 3.03. The van der Waals surface area contributed by atoms with E-state index in [0.717, 1.165) is 41.3 Å². The summed E-state index contributed by atoms with van der Waals surface area (Å²) in [5.74, 6) is -0.929. The Hall–Kier alpha value is -2.88. The minimum atomic E-state index is -0.929. The number of unbranched alkanes of at least 4 members (excludes halogenated alkanes) is 1. The van der Waals surface area contributed by atoms with E-state index >= 15 is 0 Å². The maximum Gasteiger partial charge on any atom is 0.335 e. The first kappa shape index (κ1) is 17.0. The molecule has 0 aliphatic heterocycles. The predicted octanol–water partition coefficient (Wildman–Crippen LogP) is 4.09. The van der Waals surface area contributed by atoms with E-state index in [-0.39, 0.29) is 11.0 Å². The molecule has 2 aromatic carbocycles. The normalized spacial score (nSPS) is 10.9. The fraction of sp³-hybridized carbons (Fsp3) is 0.238. The maximum atomic E-state index is 12.7. The molecule has 3 aromatic rings. The molecule has 0 aliphatic carbocycles. The molecule has 0 saturated carbocycles. The number of rotatable bonds is 6. The molecule has 0 fully saturated rings. The zero-order valence-corrected chi connectivity index (χ0v) is 14.2. The average molecular weight is 335 g/mol. The van der Waals surface area contributed by atoms with Gasteiger partial charge < -0.3 is 9.67 Å². The highest BCUT2D eigenvalue weighted by atomic mass is 16.4. The van der Waals surface area contributed by atoms with Crippen LogP contribution in [0.25, 0.3) is 10.9 Å². The van der Waals surface area contributed by atoms with E-state index in [1.807, 2.05) is 42.6 Å². The second-order valence-corrected chi connectivity index (χ2v) is 6.23. The Labute approximate surface area is 146 Å². The molecular weight excluding hydrogens is 314 g/mol. The number of hydrogen-bond donors (Lipinski definition) is 1. The van der Waals surface area contributed by atoms with Crippen LogP contribution < -0.4 is 5.43 Å². The lowest BCUT2D eigenvalue weighted by molar-refractivity contribution is 0.0697. The standard InChI is InChI=1S/C21H21NO3/c1-2-3-6-17-14-22(19-8-5-4-7-18(19)20(17)23)13-15-9-11-16(12-10-15)21(24)25/h4-5,7-12,14H,2-3,6,13H2,1H3,(H,24,25). The number of fused-ring (bicyclic) bond motifs is 1. The van der Waals surface area contributed by atoms with Crippen molar-refractivity contribution in [1.82, 2.24) is 4.57 Å². The number of nitrogens with zero attached hydrogens (tertiary/aromatic N) is 1. The molecule has 0 bridgehead atoms. The van der Waals surface area contributed by atoms with Gasteiger partial charge in [-0.05, 0) is 42.7 Å². The first-order chi connectivity index (χ1) is 12.1. The molecule has 0 radical (unpaired) electrons. The molecule has 25 heavy (non-hydrogen) atoms. The zero-order valence-electron chi connectivity index (χ0n) is 14.2. The largest absolute Gasteiger partial charge is 0.478 e. The van der Waals surface area contributed by atoms with Crippen LogP contribution in [0.2, 0.25) is 0 Å². The summed E-state index contributed by atoms with van der Waals surface area (Å²) in [6.07, 6.45) is 4.76. The summed E-state index contributed by atoms with van der Waals surface area (Å²) in [7, 11) is 0. The molecule has 4 heteroatoms. The van der Waals surface area contributed by atoms with E-state index in [4.69, 9.17) is 5.11 Å². The van der Waals surface area contributed by atoms with Crippen molar-refractivity contribution in [2.75, 3.05) is 0 Å². The summed E-state index contributed by atoms with van der Waals surface area (Å²) in [4.78, 5) is 23.7. The minimum Gasteiger partial charge on any atom is -0.478 e. The van der Waals surface area contributed by atoms with Crippen molar-refractivity contribution >= 4 is 16.9 Å². The topological polar surface area (TPSA) is 59.3 Å². The zero-order chi connectivity index (χ0) is 17.8. The molecule has 0 unspecified atom stereocenters. The predicted molar refractivity (Wildman–Crippen MR) is 99.3 cm³/mol. The number of pyridine rings is 1. The van der Waals surface area contributed by atoms with Gasteiger partial charge in [-0.15, -0.1) is 0 Å². The molecule has 3 rings (SSSR count). The highest BCUT2D eigenvalue weighted by Gasteiger charge is 2.09. The molecule has 0 aliphatic rings. The number of hydrogen-bond acceptors (Lipinski definition) is 2. The van der Waals surface area contributed by atoms with Gasteiger partial charge in [-0.1, -0.05) is 37.6 Å². The van der Waals surface area contributed by atoms with Crippen LogP contribution in [0.3, 0.4) is 0 Å². The Balaban J connectivity index is 2.03. The van der Waals surface area contributed by atoms with Gasteiger partial charge in [0.05, 0.1) is 11.1 Å². The molecule has 128 valence electrons. The Bertz CT molecular complexity index is 955. The van der Waals surface area contributed by atoms with Crippen LogP contribution in [-0.4, -0.2) is 15.6 Å². The maximum absolute atomic E-state index is 12.7. The van der Waals surface area contributed by atoms with Crippen LogP contribution in [-0.2, 0) is 13.0 Å². The molecule has 0 amide bonds. The van der Waals surface area contributed by atoms with Gasteiger partial charge >= 0.3 is 5.97 Å². The highest BCUT2D eigenvalue weighted by Crippen LogP contribution is 2.16. The van der Waals surface area contributed by atoms with Gasteiger partial charge in [0.2, 0.25) is 0 Å². The third-order valence-electron chi connectivity index (χ3n) is 4.41. The molecule has 0 atom stereocenters. The van der Waals surface area contributed by atoms with Gasteiger partial charge in [-0.25, -0.2) is 4.79 Å². The molecule has 0 spiro atoms. The van der Waals surface area contributed by atoms with E-state index in [2.05, 4.69) is 11.5 Å². The van der Waals surface area contributed by atoms with Crippen molar-refractivity contribution in [1.29, 1.82) is 0 Å². The fourth-order valence-electron chi connectivity index (χ4n) is 3.03. The highest BCUT2D eigenvalue weighted by molar-refractivity contribution is 5.87. The number of aromatic carboxylic acids is 1. The van der Waals surface area contributed by atoms with Crippen molar-refractivity contribution in [3.63, 3.8) is 0 Å². The van der Waals surface area contributed by atoms with Crippen molar-refractivity contribution in [3.05, 3.63) is 81.6 Å². The Kier molecular flexibility index (Phi) is 4.98. The molecule has 1 N–H and O–H groups in total. The monoisotopic (exact) mass is 335 g/mol. The summed E-state index contributed by atoms with van der Waals surface area (Å²) >= 11 is 0. The number of benzene rings is 2. The third kappa shape index (κ3) is 3.63. The summed E-state index contributed by atoms with van der Waals surface area (Å²) in [5, 5.41) is 9.75. The smallest absolute Gasteiger partial charge is 0.335 e. The molecule has 1 heterocycles. The SMILES string of the molecule is CCCCc1cn(Cc2ccc(C(=O)O)cc2)c2ccccc2c1=O. The number of aryl methyl sites for hydroxylation is 1. The van der Waals surface area contributed by atoms with Crippen LogP contribution >= 0.6 is 0 Å². The first-order valence-electron chi connectivity index (χ1n) is 8.53. The second kappa shape index (κ2) is 7.34. The van der Waals surface area contributed by atoms with Crippen molar-refractivity contribution in [3.8, 4) is 0 Å². The minimum absolute atomic E-state index is 0.113. The second-order valence-electron chi connectivity index (χ2n) is 6.23. The molecular formula is C21H21NO3. The number of para-hydroxylation sites is 1. The van der Waals surface area contributed by atoms with Crippen LogP contribution in [0.15, 0.2) is 59.5 Å². The van der Waals surface area contributed by atoms with E-state index in [0.29, 0.717) is 6.54 Å². The van der Waals surface area contributed by atoms with Gasteiger partial charge in [-0.3, -0.25) is 4.79 Å². The Morgan fingerprint density at radius 1 is 1.08 bits per heavy atom. The summed E-state index contributed by atoms with van der Waals surface area (Å²) in [6, 6.07) is 14.5. The van der Waals surface area contributed by atoms with E-state index in [1.165, 1.54) is 0 Å². The van der Waals surface area contributed by atoms with Crippen molar-refractivity contribution < 1.29 is 9.90 Å². The Morgan fingerprint density at radius 2 is 1.80 bits per heavy atom. The van der Waals surface area contributed by atoms with Gasteiger partial charge in [0.15, 0.2) is 5.43 Å². The van der Waals surface area contributed by atoms with Gasteiger partial charge in [-0.2, -0.15) is 0 Å². The molecule has 1 aromatic heterocycles. The number of carbonyl (C=O) groups is 1. The quantitative estimate of drug-likeness (QED) is 0.738. The van der Waals surface area contributed by atoms with Gasteiger partial charge in [0.25, 0.3) is 0 Å². The number of carboxylic acid groups (broad SMARTS) is 1. The van der Waals surface area contributed by atoms with E-state index in [1.54, 1.807) is 12.1 Å². The van der Waals surface area contributed by atoms with Crippen LogP contribution in [0.1, 0.15) is 41.3 Å². The van der Waals surface area contributed by atoms with Gasteiger partial charge in [0.1, 0.15) is 0 Å². The number of carboxylic acids is 1. The van der Waals surface area contributed by atoms with Crippen LogP contribution in [0.4, 0.5) is 0 Å². The summed E-state index contributed by atoms with van der Waals surface area (Å²) in [6.45, 7) is 2.71. The lowest BCUT2D eigenvalue weighted by Gasteiger charge is -2.14. The van der Waals surface area contributed by atoms with E-state index in [9.17, 15) is 9.59 Å². The van der Waals surface area contributed by atoms with Crippen molar-refractivity contribution in [2.24, 2.45) is 0 Å². The number of aromatic nitrogens is 1. The molecule has 4 nitrogen and oxygen atoms in total. The third-order valence-corrected chi connectivity index (χ3v) is 4.41. The Morgan fingerprint density at radius 3 is 2.48 bits per heavy atom. The molecule has 0 saturated heterocycles. The first-order valence-corrected chi connectivity index (χ1v) is 8.53. The average Bonchev–Trinajstić information content (AvgIpc) is 2.63. The van der Waals surface area contributed by atoms with Gasteiger partial charge in [0, 0.05) is 23.7 Å². The van der Waals surface area contributed by atoms with E-state index < -0.39 is 5.97 Å².